The van der Waals surface area contributed by atoms with E-state index < -0.39 is 23.3 Å². The van der Waals surface area contributed by atoms with Gasteiger partial charge in [0.2, 0.25) is 5.91 Å². The Bertz CT molecular complexity index is 1020. The van der Waals surface area contributed by atoms with E-state index in [0.717, 1.165) is 31.2 Å². The van der Waals surface area contributed by atoms with Gasteiger partial charge in [0, 0.05) is 12.1 Å². The van der Waals surface area contributed by atoms with Crippen LogP contribution in [0, 0.1) is 5.41 Å². The Labute approximate surface area is 209 Å². The normalized spacial score (nSPS) is 15.4. The van der Waals surface area contributed by atoms with Crippen LogP contribution in [0.25, 0.3) is 0 Å². The van der Waals surface area contributed by atoms with E-state index in [1.165, 1.54) is 7.11 Å². The van der Waals surface area contributed by atoms with E-state index in [1.54, 1.807) is 42.5 Å². The SMILES string of the molecule is COC(=O)C(Cc1ccc(NC(=O)c2c(Cl)cccc2Cl)cc1)NC(=O)C1(CCN)CCCC1. The van der Waals surface area contributed by atoms with Crippen molar-refractivity contribution < 1.29 is 19.1 Å². The quantitative estimate of drug-likeness (QED) is 0.438. The summed E-state index contributed by atoms with van der Waals surface area (Å²) in [6.07, 6.45) is 4.34. The molecule has 1 atom stereocenters. The molecule has 1 fully saturated rings. The molecule has 9 heteroatoms. The second-order valence-corrected chi connectivity index (χ2v) is 9.34. The Morgan fingerprint density at radius 1 is 1.06 bits per heavy atom. The average Bonchev–Trinajstić information content (AvgIpc) is 3.29. The van der Waals surface area contributed by atoms with Gasteiger partial charge in [-0.2, -0.15) is 0 Å². The summed E-state index contributed by atoms with van der Waals surface area (Å²) >= 11 is 12.2. The minimum absolute atomic E-state index is 0.147. The molecule has 0 spiro atoms. The van der Waals surface area contributed by atoms with Crippen LogP contribution in [0.4, 0.5) is 5.69 Å². The van der Waals surface area contributed by atoms with Gasteiger partial charge in [-0.3, -0.25) is 9.59 Å². The number of hydrogen-bond donors (Lipinski definition) is 3. The van der Waals surface area contributed by atoms with Crippen LogP contribution >= 0.6 is 23.2 Å². The third-order valence-electron chi connectivity index (χ3n) is 6.30. The van der Waals surface area contributed by atoms with Crippen molar-refractivity contribution in [2.75, 3.05) is 19.0 Å². The smallest absolute Gasteiger partial charge is 0.328 e. The molecule has 0 radical (unpaired) electrons. The lowest BCUT2D eigenvalue weighted by molar-refractivity contribution is -0.146. The van der Waals surface area contributed by atoms with Gasteiger partial charge in [-0.1, -0.05) is 54.2 Å². The third kappa shape index (κ3) is 6.09. The Morgan fingerprint density at radius 3 is 2.24 bits per heavy atom. The first-order chi connectivity index (χ1) is 16.3. The number of esters is 1. The zero-order valence-electron chi connectivity index (χ0n) is 19.0. The number of halogens is 2. The summed E-state index contributed by atoms with van der Waals surface area (Å²) in [5.41, 5.74) is 6.77. The van der Waals surface area contributed by atoms with E-state index >= 15 is 0 Å². The summed E-state index contributed by atoms with van der Waals surface area (Å²) in [7, 11) is 1.30. The molecule has 0 heterocycles. The average molecular weight is 506 g/mol. The molecule has 1 saturated carbocycles. The highest BCUT2D eigenvalue weighted by molar-refractivity contribution is 6.40. The minimum atomic E-state index is -0.824. The summed E-state index contributed by atoms with van der Waals surface area (Å²) in [5.74, 6) is -1.09. The van der Waals surface area contributed by atoms with Crippen LogP contribution in [-0.2, 0) is 20.7 Å². The number of hydrogen-bond acceptors (Lipinski definition) is 5. The van der Waals surface area contributed by atoms with E-state index in [9.17, 15) is 14.4 Å². The number of anilines is 1. The van der Waals surface area contributed by atoms with E-state index in [-0.39, 0.29) is 27.9 Å². The van der Waals surface area contributed by atoms with E-state index in [4.69, 9.17) is 33.7 Å². The van der Waals surface area contributed by atoms with Crippen molar-refractivity contribution in [3.8, 4) is 0 Å². The lowest BCUT2D eigenvalue weighted by Crippen LogP contribution is -2.49. The van der Waals surface area contributed by atoms with Crippen molar-refractivity contribution >= 4 is 46.7 Å². The summed E-state index contributed by atoms with van der Waals surface area (Å²) in [6.45, 7) is 0.420. The van der Waals surface area contributed by atoms with Crippen LogP contribution in [0.2, 0.25) is 10.0 Å². The summed E-state index contributed by atoms with van der Waals surface area (Å²) in [6, 6.07) is 11.0. The molecule has 1 aliphatic rings. The second kappa shape index (κ2) is 11.7. The Balaban J connectivity index is 1.69. The number of carbonyl (C=O) groups is 3. The van der Waals surface area contributed by atoms with Crippen LogP contribution in [0.3, 0.4) is 0 Å². The standard InChI is InChI=1S/C25H29Cl2N3O4/c1-34-23(32)20(30-24(33)25(13-14-28)11-2-3-12-25)15-16-7-9-17(10-8-16)29-22(31)21-18(26)5-4-6-19(21)27/h4-10,20H,2-3,11-15,28H2,1H3,(H,29,31)(H,30,33). The molecule has 1 unspecified atom stereocenters. The molecule has 4 N–H and O–H groups in total. The van der Waals surface area contributed by atoms with Crippen molar-refractivity contribution in [3.63, 3.8) is 0 Å². The zero-order valence-corrected chi connectivity index (χ0v) is 20.5. The maximum atomic E-state index is 13.1. The summed E-state index contributed by atoms with van der Waals surface area (Å²) in [4.78, 5) is 38.1. The largest absolute Gasteiger partial charge is 0.467 e. The Kier molecular flexibility index (Phi) is 8.94. The van der Waals surface area contributed by atoms with Crippen molar-refractivity contribution in [2.24, 2.45) is 11.1 Å². The first-order valence-corrected chi connectivity index (χ1v) is 12.0. The third-order valence-corrected chi connectivity index (χ3v) is 6.93. The molecule has 2 amide bonds. The number of amides is 2. The highest BCUT2D eigenvalue weighted by Crippen LogP contribution is 2.41. The zero-order chi connectivity index (χ0) is 24.7. The van der Waals surface area contributed by atoms with Gasteiger partial charge in [0.25, 0.3) is 5.91 Å². The van der Waals surface area contributed by atoms with Crippen LogP contribution in [-0.4, -0.2) is 37.5 Å². The van der Waals surface area contributed by atoms with Gasteiger partial charge >= 0.3 is 5.97 Å². The molecule has 0 saturated heterocycles. The van der Waals surface area contributed by atoms with Crippen LogP contribution in [0.1, 0.15) is 48.0 Å². The number of carbonyl (C=O) groups excluding carboxylic acids is 3. The number of rotatable bonds is 9. The van der Waals surface area contributed by atoms with Crippen molar-refractivity contribution in [1.82, 2.24) is 5.32 Å². The molecule has 7 nitrogen and oxygen atoms in total. The highest BCUT2D eigenvalue weighted by atomic mass is 35.5. The predicted molar refractivity (Wildman–Crippen MR) is 133 cm³/mol. The van der Waals surface area contributed by atoms with Gasteiger partial charge in [-0.05, 0) is 55.6 Å². The predicted octanol–water partition coefficient (Wildman–Crippen LogP) is 4.36. The molecule has 0 bridgehead atoms. The summed E-state index contributed by atoms with van der Waals surface area (Å²) in [5, 5.41) is 6.17. The fourth-order valence-corrected chi connectivity index (χ4v) is 5.00. The van der Waals surface area contributed by atoms with Gasteiger partial charge in [0.1, 0.15) is 6.04 Å². The first-order valence-electron chi connectivity index (χ1n) is 11.2. The molecule has 2 aromatic rings. The number of ether oxygens (including phenoxy) is 1. The lowest BCUT2D eigenvalue weighted by atomic mass is 9.81. The fourth-order valence-electron chi connectivity index (χ4n) is 4.43. The molecular weight excluding hydrogens is 477 g/mol. The second-order valence-electron chi connectivity index (χ2n) is 8.53. The molecule has 1 aliphatic carbocycles. The van der Waals surface area contributed by atoms with Crippen molar-refractivity contribution in [1.29, 1.82) is 0 Å². The molecule has 3 rings (SSSR count). The number of nitrogens with one attached hydrogen (secondary N) is 2. The molecule has 182 valence electrons. The molecular formula is C25H29Cl2N3O4. The van der Waals surface area contributed by atoms with E-state index in [2.05, 4.69) is 10.6 Å². The minimum Gasteiger partial charge on any atom is -0.467 e. The van der Waals surface area contributed by atoms with Crippen molar-refractivity contribution in [3.05, 3.63) is 63.6 Å². The van der Waals surface area contributed by atoms with Gasteiger partial charge in [0.05, 0.1) is 28.1 Å². The molecule has 34 heavy (non-hydrogen) atoms. The Morgan fingerprint density at radius 2 is 1.68 bits per heavy atom. The topological polar surface area (TPSA) is 111 Å². The number of nitrogens with two attached hydrogens (primary N) is 1. The molecule has 0 aromatic heterocycles. The Hall–Kier alpha value is -2.61. The number of methoxy groups -OCH3 is 1. The monoisotopic (exact) mass is 505 g/mol. The van der Waals surface area contributed by atoms with Gasteiger partial charge in [-0.15, -0.1) is 0 Å². The lowest BCUT2D eigenvalue weighted by Gasteiger charge is -2.29. The number of benzene rings is 2. The maximum Gasteiger partial charge on any atom is 0.328 e. The van der Waals surface area contributed by atoms with Gasteiger partial charge < -0.3 is 21.1 Å². The molecule has 0 aliphatic heterocycles. The van der Waals surface area contributed by atoms with Gasteiger partial charge in [-0.25, -0.2) is 4.79 Å². The van der Waals surface area contributed by atoms with Crippen LogP contribution in [0.15, 0.2) is 42.5 Å². The van der Waals surface area contributed by atoms with Crippen LogP contribution < -0.4 is 16.4 Å². The van der Waals surface area contributed by atoms with Crippen LogP contribution in [0.5, 0.6) is 0 Å². The van der Waals surface area contributed by atoms with E-state index in [1.807, 2.05) is 0 Å². The van der Waals surface area contributed by atoms with E-state index in [0.29, 0.717) is 18.7 Å². The summed E-state index contributed by atoms with van der Waals surface area (Å²) < 4.78 is 4.93. The first kappa shape index (κ1) is 26.0. The van der Waals surface area contributed by atoms with Crippen molar-refractivity contribution in [2.45, 2.75) is 44.6 Å². The highest BCUT2D eigenvalue weighted by Gasteiger charge is 2.41. The van der Waals surface area contributed by atoms with Gasteiger partial charge in [0.15, 0.2) is 0 Å². The fraction of sp³-hybridized carbons (Fsp3) is 0.400. The molecule has 2 aromatic carbocycles. The maximum absolute atomic E-state index is 13.1.